The number of nitrogens with one attached hydrogen (secondary N) is 2. The highest BCUT2D eigenvalue weighted by atomic mass is 16.4. The fourth-order valence-corrected chi connectivity index (χ4v) is 1.36. The number of hydrogen-bond donors (Lipinski definition) is 4. The molecule has 0 fully saturated rings. The van der Waals surface area contributed by atoms with E-state index in [9.17, 15) is 9.59 Å². The van der Waals surface area contributed by atoms with Gasteiger partial charge in [-0.2, -0.15) is 0 Å². The van der Waals surface area contributed by atoms with E-state index >= 15 is 0 Å². The van der Waals surface area contributed by atoms with Gasteiger partial charge < -0.3 is 21.5 Å². The van der Waals surface area contributed by atoms with Gasteiger partial charge in [0.15, 0.2) is 0 Å². The molecule has 0 bridgehead atoms. The van der Waals surface area contributed by atoms with E-state index in [2.05, 4.69) is 15.6 Å². The molecule has 7 heteroatoms. The zero-order valence-corrected chi connectivity index (χ0v) is 10.2. The maximum atomic E-state index is 11.5. The van der Waals surface area contributed by atoms with Crippen LogP contribution in [-0.4, -0.2) is 34.6 Å². The summed E-state index contributed by atoms with van der Waals surface area (Å²) in [5.74, 6) is -1.26. The quantitative estimate of drug-likeness (QED) is 0.598. The van der Waals surface area contributed by atoms with Gasteiger partial charge in [0.25, 0.3) is 0 Å². The average molecular weight is 252 g/mol. The lowest BCUT2D eigenvalue weighted by Gasteiger charge is -2.15. The van der Waals surface area contributed by atoms with Crippen LogP contribution in [-0.2, 0) is 4.79 Å². The lowest BCUT2D eigenvalue weighted by Crippen LogP contribution is -2.37. The summed E-state index contributed by atoms with van der Waals surface area (Å²) in [6.07, 6.45) is 1.33. The largest absolute Gasteiger partial charge is 0.478 e. The van der Waals surface area contributed by atoms with Gasteiger partial charge >= 0.3 is 5.97 Å². The number of carboxylic acids is 1. The SMILES string of the molecule is CCNC(=O)C(C)Nc1ncc(N)cc1C(=O)O. The topological polar surface area (TPSA) is 117 Å². The Kier molecular flexibility index (Phi) is 4.47. The van der Waals surface area contributed by atoms with Crippen LogP contribution in [0.3, 0.4) is 0 Å². The van der Waals surface area contributed by atoms with Crippen molar-refractivity contribution >= 4 is 23.4 Å². The Bertz CT molecular complexity index is 462. The Hall–Kier alpha value is -2.31. The van der Waals surface area contributed by atoms with Crippen molar-refractivity contribution in [3.8, 4) is 0 Å². The molecule has 1 aromatic heterocycles. The molecule has 1 unspecified atom stereocenters. The minimum atomic E-state index is -1.15. The second-order valence-corrected chi connectivity index (χ2v) is 3.73. The molecule has 0 spiro atoms. The molecule has 0 aliphatic heterocycles. The first-order chi connectivity index (χ1) is 8.45. The Morgan fingerprint density at radius 2 is 2.22 bits per heavy atom. The van der Waals surface area contributed by atoms with Crippen LogP contribution in [0.4, 0.5) is 11.5 Å². The van der Waals surface area contributed by atoms with Crippen molar-refractivity contribution in [1.82, 2.24) is 10.3 Å². The van der Waals surface area contributed by atoms with Crippen LogP contribution in [0.1, 0.15) is 24.2 Å². The van der Waals surface area contributed by atoms with E-state index in [4.69, 9.17) is 10.8 Å². The van der Waals surface area contributed by atoms with E-state index < -0.39 is 12.0 Å². The first-order valence-electron chi connectivity index (χ1n) is 5.48. The maximum Gasteiger partial charge on any atom is 0.339 e. The third kappa shape index (κ3) is 3.34. The summed E-state index contributed by atoms with van der Waals surface area (Å²) in [5, 5.41) is 14.4. The molecule has 0 aromatic carbocycles. The van der Waals surface area contributed by atoms with Gasteiger partial charge in [0.1, 0.15) is 17.4 Å². The number of likely N-dealkylation sites (N-methyl/N-ethyl adjacent to an activating group) is 1. The molecular formula is C11H16N4O3. The smallest absolute Gasteiger partial charge is 0.339 e. The number of carbonyl (C=O) groups excluding carboxylic acids is 1. The fraction of sp³-hybridized carbons (Fsp3) is 0.364. The summed E-state index contributed by atoms with van der Waals surface area (Å²) >= 11 is 0. The van der Waals surface area contributed by atoms with Crippen molar-refractivity contribution < 1.29 is 14.7 Å². The minimum Gasteiger partial charge on any atom is -0.478 e. The van der Waals surface area contributed by atoms with Gasteiger partial charge in [-0.05, 0) is 19.9 Å². The van der Waals surface area contributed by atoms with Crippen molar-refractivity contribution in [2.45, 2.75) is 19.9 Å². The summed E-state index contributed by atoms with van der Waals surface area (Å²) in [7, 11) is 0. The summed E-state index contributed by atoms with van der Waals surface area (Å²) in [5.41, 5.74) is 5.66. The van der Waals surface area contributed by atoms with E-state index in [1.54, 1.807) is 13.8 Å². The fourth-order valence-electron chi connectivity index (χ4n) is 1.36. The second-order valence-electron chi connectivity index (χ2n) is 3.73. The molecule has 0 aliphatic carbocycles. The lowest BCUT2D eigenvalue weighted by atomic mass is 10.2. The molecule has 1 rings (SSSR count). The first kappa shape index (κ1) is 13.8. The van der Waals surface area contributed by atoms with E-state index in [0.717, 1.165) is 0 Å². The molecule has 7 nitrogen and oxygen atoms in total. The first-order valence-corrected chi connectivity index (χ1v) is 5.48. The molecule has 0 saturated heterocycles. The number of carboxylic acid groups (broad SMARTS) is 1. The van der Waals surface area contributed by atoms with Crippen LogP contribution in [0.2, 0.25) is 0 Å². The maximum absolute atomic E-state index is 11.5. The second kappa shape index (κ2) is 5.85. The average Bonchev–Trinajstić information content (AvgIpc) is 2.31. The van der Waals surface area contributed by atoms with Gasteiger partial charge in [-0.1, -0.05) is 0 Å². The molecule has 0 aliphatic rings. The molecule has 0 radical (unpaired) electrons. The summed E-state index contributed by atoms with van der Waals surface area (Å²) in [4.78, 5) is 26.4. The van der Waals surface area contributed by atoms with Crippen molar-refractivity contribution in [3.63, 3.8) is 0 Å². The molecule has 1 heterocycles. The number of nitrogens with zero attached hydrogens (tertiary/aromatic N) is 1. The Labute approximate surface area is 104 Å². The van der Waals surface area contributed by atoms with Gasteiger partial charge in [-0.15, -0.1) is 0 Å². The number of carbonyl (C=O) groups is 2. The molecule has 0 saturated carbocycles. The highest BCUT2D eigenvalue weighted by Gasteiger charge is 2.17. The number of amides is 1. The van der Waals surface area contributed by atoms with Gasteiger partial charge in [-0.3, -0.25) is 4.79 Å². The van der Waals surface area contributed by atoms with Crippen molar-refractivity contribution in [2.24, 2.45) is 0 Å². The third-order valence-corrected chi connectivity index (χ3v) is 2.24. The number of aromatic carboxylic acids is 1. The van der Waals surface area contributed by atoms with Crippen LogP contribution in [0.25, 0.3) is 0 Å². The van der Waals surface area contributed by atoms with Crippen LogP contribution in [0.5, 0.6) is 0 Å². The summed E-state index contributed by atoms with van der Waals surface area (Å²) in [6.45, 7) is 3.93. The molecule has 1 amide bonds. The highest BCUT2D eigenvalue weighted by Crippen LogP contribution is 2.16. The Morgan fingerprint density at radius 1 is 1.56 bits per heavy atom. The predicted octanol–water partition coefficient (Wildman–Crippen LogP) is 0.298. The highest BCUT2D eigenvalue weighted by molar-refractivity contribution is 5.95. The molecular weight excluding hydrogens is 236 g/mol. The summed E-state index contributed by atoms with van der Waals surface area (Å²) in [6, 6.07) is 0.710. The monoisotopic (exact) mass is 252 g/mol. The number of nitrogen functional groups attached to an aromatic ring is 1. The number of aromatic nitrogens is 1. The van der Waals surface area contributed by atoms with Crippen molar-refractivity contribution in [3.05, 3.63) is 17.8 Å². The van der Waals surface area contributed by atoms with Gasteiger partial charge in [0.2, 0.25) is 5.91 Å². The van der Waals surface area contributed by atoms with Crippen molar-refractivity contribution in [2.75, 3.05) is 17.6 Å². The van der Waals surface area contributed by atoms with Gasteiger partial charge in [-0.25, -0.2) is 9.78 Å². The van der Waals surface area contributed by atoms with Crippen LogP contribution >= 0.6 is 0 Å². The number of nitrogens with two attached hydrogens (primary N) is 1. The normalized spacial score (nSPS) is 11.7. The number of rotatable bonds is 5. The Balaban J connectivity index is 2.90. The van der Waals surface area contributed by atoms with E-state index in [1.807, 2.05) is 0 Å². The summed E-state index contributed by atoms with van der Waals surface area (Å²) < 4.78 is 0. The molecule has 5 N–H and O–H groups in total. The van der Waals surface area contributed by atoms with Gasteiger partial charge in [0.05, 0.1) is 11.9 Å². The van der Waals surface area contributed by atoms with E-state index in [-0.39, 0.29) is 23.0 Å². The number of pyridine rings is 1. The third-order valence-electron chi connectivity index (χ3n) is 2.24. The number of anilines is 2. The van der Waals surface area contributed by atoms with Crippen LogP contribution in [0, 0.1) is 0 Å². The van der Waals surface area contributed by atoms with Crippen LogP contribution < -0.4 is 16.4 Å². The minimum absolute atomic E-state index is 0.0638. The standard InChI is InChI=1S/C11H16N4O3/c1-3-13-10(16)6(2)15-9-8(11(17)18)4-7(12)5-14-9/h4-6H,3,12H2,1-2H3,(H,13,16)(H,14,15)(H,17,18). The van der Waals surface area contributed by atoms with E-state index in [0.29, 0.717) is 6.54 Å². The van der Waals surface area contributed by atoms with E-state index in [1.165, 1.54) is 12.3 Å². The molecule has 18 heavy (non-hydrogen) atoms. The van der Waals surface area contributed by atoms with Gasteiger partial charge in [0, 0.05) is 6.54 Å². The van der Waals surface area contributed by atoms with Crippen LogP contribution in [0.15, 0.2) is 12.3 Å². The zero-order valence-electron chi connectivity index (χ0n) is 10.2. The van der Waals surface area contributed by atoms with Crippen molar-refractivity contribution in [1.29, 1.82) is 0 Å². The number of hydrogen-bond acceptors (Lipinski definition) is 5. The molecule has 1 atom stereocenters. The predicted molar refractivity (Wildman–Crippen MR) is 67.4 cm³/mol. The zero-order chi connectivity index (χ0) is 13.7. The lowest BCUT2D eigenvalue weighted by molar-refractivity contribution is -0.121. The Morgan fingerprint density at radius 3 is 2.78 bits per heavy atom. The molecule has 1 aromatic rings. The molecule has 98 valence electrons.